The Hall–Kier alpha value is 0.110. The minimum Gasteiger partial charge on any atom is -0.295 e. The largest absolute Gasteiger partial charge is 0.295 e. The zero-order chi connectivity index (χ0) is 11.5. The molecule has 0 heterocycles. The Balaban J connectivity index is 2.89. The van der Waals surface area contributed by atoms with Crippen LogP contribution in [-0.4, -0.2) is 12.4 Å². The summed E-state index contributed by atoms with van der Waals surface area (Å²) in [6, 6.07) is 6.09. The highest BCUT2D eigenvalue weighted by atomic mass is 32.7. The summed E-state index contributed by atoms with van der Waals surface area (Å²) in [7, 11) is 0. The number of hydrogen-bond acceptors (Lipinski definition) is 3. The smallest absolute Gasteiger partial charge is 0.202 e. The Morgan fingerprint density at radius 1 is 1.47 bits per heavy atom. The monoisotopic (exact) mass is 261 g/mol. The molecule has 0 bridgehead atoms. The molecule has 0 saturated heterocycles. The topological polar surface area (TPSA) is 43.1 Å². The summed E-state index contributed by atoms with van der Waals surface area (Å²) in [5.74, 6) is 0. The van der Waals surface area contributed by atoms with Gasteiger partial charge in [-0.2, -0.15) is 0 Å². The van der Waals surface area contributed by atoms with Gasteiger partial charge >= 0.3 is 0 Å². The van der Waals surface area contributed by atoms with Crippen LogP contribution in [0.3, 0.4) is 0 Å². The number of nitrogens with two attached hydrogens (primary N) is 1. The lowest BCUT2D eigenvalue weighted by atomic mass is 10.2. The SMILES string of the molecule is CCP(N)(=O)Sc1ccc(SC)c(C)c1. The zero-order valence-corrected chi connectivity index (χ0v) is 11.7. The Labute approximate surface area is 99.6 Å². The highest BCUT2D eigenvalue weighted by molar-refractivity contribution is 8.57. The van der Waals surface area contributed by atoms with E-state index in [9.17, 15) is 4.57 Å². The molecule has 0 amide bonds. The van der Waals surface area contributed by atoms with Crippen LogP contribution in [0, 0.1) is 6.92 Å². The van der Waals surface area contributed by atoms with E-state index < -0.39 is 6.49 Å². The van der Waals surface area contributed by atoms with Gasteiger partial charge in [-0.05, 0) is 48.3 Å². The average molecular weight is 261 g/mol. The molecule has 1 unspecified atom stereocenters. The number of benzene rings is 1. The normalized spacial score (nSPS) is 14.9. The first-order chi connectivity index (χ1) is 6.98. The summed E-state index contributed by atoms with van der Waals surface area (Å²) in [5.41, 5.74) is 6.89. The van der Waals surface area contributed by atoms with Crippen LogP contribution in [0.4, 0.5) is 0 Å². The maximum atomic E-state index is 11.8. The Morgan fingerprint density at radius 2 is 2.13 bits per heavy atom. The number of thioether (sulfide) groups is 1. The van der Waals surface area contributed by atoms with Crippen LogP contribution in [0.5, 0.6) is 0 Å². The summed E-state index contributed by atoms with van der Waals surface area (Å²) in [4.78, 5) is 2.25. The molecule has 0 saturated carbocycles. The molecule has 1 aromatic rings. The standard InChI is InChI=1S/C10H16NOPS2/c1-4-13(11,12)15-9-5-6-10(14-3)8(2)7-9/h5-7H,4H2,1-3H3,(H2,11,12). The van der Waals surface area contributed by atoms with E-state index in [0.717, 1.165) is 4.90 Å². The predicted molar refractivity (Wildman–Crippen MR) is 71.2 cm³/mol. The van der Waals surface area contributed by atoms with Crippen LogP contribution in [-0.2, 0) is 4.57 Å². The molecule has 2 N–H and O–H groups in total. The molecule has 0 spiro atoms. The van der Waals surface area contributed by atoms with Gasteiger partial charge in [-0.3, -0.25) is 10.1 Å². The van der Waals surface area contributed by atoms with Gasteiger partial charge < -0.3 is 0 Å². The first-order valence-electron chi connectivity index (χ1n) is 4.70. The van der Waals surface area contributed by atoms with E-state index in [1.54, 1.807) is 11.8 Å². The summed E-state index contributed by atoms with van der Waals surface area (Å²) in [5, 5.41) is 0. The minimum absolute atomic E-state index is 0.529. The molecule has 1 atom stereocenters. The summed E-state index contributed by atoms with van der Waals surface area (Å²) in [6.45, 7) is 1.39. The van der Waals surface area contributed by atoms with Crippen molar-refractivity contribution in [2.75, 3.05) is 12.4 Å². The van der Waals surface area contributed by atoms with Crippen LogP contribution in [0.25, 0.3) is 0 Å². The molecule has 84 valence electrons. The Kier molecular flexibility index (Phi) is 4.78. The lowest BCUT2D eigenvalue weighted by Crippen LogP contribution is -1.92. The fourth-order valence-corrected chi connectivity index (χ4v) is 4.38. The highest BCUT2D eigenvalue weighted by Gasteiger charge is 2.15. The lowest BCUT2D eigenvalue weighted by molar-refractivity contribution is 0.586. The summed E-state index contributed by atoms with van der Waals surface area (Å²) < 4.78 is 11.8. The molecule has 15 heavy (non-hydrogen) atoms. The molecule has 5 heteroatoms. The van der Waals surface area contributed by atoms with Gasteiger partial charge in [0.2, 0.25) is 6.49 Å². The van der Waals surface area contributed by atoms with Crippen LogP contribution in [0.15, 0.2) is 28.0 Å². The number of rotatable bonds is 4. The van der Waals surface area contributed by atoms with Crippen molar-refractivity contribution in [2.24, 2.45) is 5.50 Å². The van der Waals surface area contributed by atoms with E-state index in [2.05, 4.69) is 19.2 Å². The van der Waals surface area contributed by atoms with E-state index in [-0.39, 0.29) is 0 Å². The first kappa shape index (κ1) is 13.2. The number of aryl methyl sites for hydroxylation is 1. The van der Waals surface area contributed by atoms with Crippen LogP contribution in [0.1, 0.15) is 12.5 Å². The summed E-state index contributed by atoms with van der Waals surface area (Å²) in [6.07, 6.45) is 2.58. The second-order valence-corrected chi connectivity index (χ2v) is 9.25. The van der Waals surface area contributed by atoms with Crippen molar-refractivity contribution in [3.05, 3.63) is 23.8 Å². The van der Waals surface area contributed by atoms with E-state index in [1.807, 2.05) is 19.1 Å². The molecular weight excluding hydrogens is 245 g/mol. The van der Waals surface area contributed by atoms with Crippen molar-refractivity contribution in [3.8, 4) is 0 Å². The molecule has 0 aliphatic rings. The molecule has 1 aromatic carbocycles. The molecule has 0 fully saturated rings. The van der Waals surface area contributed by atoms with Gasteiger partial charge in [0.05, 0.1) is 0 Å². The van der Waals surface area contributed by atoms with Gasteiger partial charge in [-0.15, -0.1) is 11.8 Å². The van der Waals surface area contributed by atoms with Crippen molar-refractivity contribution in [1.82, 2.24) is 0 Å². The molecule has 2 nitrogen and oxygen atoms in total. The van der Waals surface area contributed by atoms with Gasteiger partial charge in [0.1, 0.15) is 0 Å². The minimum atomic E-state index is -2.53. The van der Waals surface area contributed by atoms with Crippen molar-refractivity contribution in [1.29, 1.82) is 0 Å². The van der Waals surface area contributed by atoms with Gasteiger partial charge in [0, 0.05) is 16.0 Å². The highest BCUT2D eigenvalue weighted by Crippen LogP contribution is 2.54. The third-order valence-corrected chi connectivity index (χ3v) is 6.95. The van der Waals surface area contributed by atoms with E-state index in [0.29, 0.717) is 6.16 Å². The second-order valence-electron chi connectivity index (χ2n) is 3.27. The van der Waals surface area contributed by atoms with Crippen molar-refractivity contribution >= 4 is 29.6 Å². The fraction of sp³-hybridized carbons (Fsp3) is 0.400. The Bertz CT molecular complexity index is 395. The van der Waals surface area contributed by atoms with Gasteiger partial charge in [0.15, 0.2) is 0 Å². The van der Waals surface area contributed by atoms with Crippen molar-refractivity contribution in [3.63, 3.8) is 0 Å². The van der Waals surface area contributed by atoms with Gasteiger partial charge in [-0.1, -0.05) is 6.92 Å². The molecule has 0 aliphatic heterocycles. The van der Waals surface area contributed by atoms with Crippen LogP contribution in [0.2, 0.25) is 0 Å². The molecule has 0 aromatic heterocycles. The Morgan fingerprint density at radius 3 is 2.60 bits per heavy atom. The fourth-order valence-electron chi connectivity index (χ4n) is 1.15. The van der Waals surface area contributed by atoms with E-state index in [1.165, 1.54) is 21.8 Å². The van der Waals surface area contributed by atoms with Crippen LogP contribution < -0.4 is 5.50 Å². The quantitative estimate of drug-likeness (QED) is 0.657. The molecule has 0 radical (unpaired) electrons. The van der Waals surface area contributed by atoms with Crippen molar-refractivity contribution < 1.29 is 4.57 Å². The number of hydrogen-bond donors (Lipinski definition) is 1. The predicted octanol–water partition coefficient (Wildman–Crippen LogP) is 3.98. The first-order valence-corrected chi connectivity index (χ1v) is 9.31. The van der Waals surface area contributed by atoms with E-state index >= 15 is 0 Å². The van der Waals surface area contributed by atoms with Gasteiger partial charge in [-0.25, -0.2) is 0 Å². The summed E-state index contributed by atoms with van der Waals surface area (Å²) >= 11 is 3.02. The molecule has 1 rings (SSSR count). The maximum absolute atomic E-state index is 11.8. The third kappa shape index (κ3) is 3.87. The lowest BCUT2D eigenvalue weighted by Gasteiger charge is -2.10. The van der Waals surface area contributed by atoms with Gasteiger partial charge in [0.25, 0.3) is 0 Å². The van der Waals surface area contributed by atoms with E-state index in [4.69, 9.17) is 5.50 Å². The molecule has 0 aliphatic carbocycles. The molecular formula is C10H16NOPS2. The zero-order valence-electron chi connectivity index (χ0n) is 9.19. The maximum Gasteiger partial charge on any atom is 0.202 e. The third-order valence-electron chi connectivity index (χ3n) is 2.07. The average Bonchev–Trinajstić information content (AvgIpc) is 2.17. The second kappa shape index (κ2) is 5.44. The van der Waals surface area contributed by atoms with Crippen molar-refractivity contribution in [2.45, 2.75) is 23.6 Å². The van der Waals surface area contributed by atoms with Crippen LogP contribution >= 0.6 is 29.6 Å².